The van der Waals surface area contributed by atoms with Gasteiger partial charge in [-0.1, -0.05) is 6.42 Å². The number of imidazole rings is 1. The monoisotopic (exact) mass is 236 g/mol. The highest BCUT2D eigenvalue weighted by atomic mass is 15.2. The van der Waals surface area contributed by atoms with Crippen molar-refractivity contribution < 1.29 is 0 Å². The fraction of sp³-hybridized carbons (Fsp3) is 0.769. The van der Waals surface area contributed by atoms with Crippen molar-refractivity contribution in [2.45, 2.75) is 38.8 Å². The van der Waals surface area contributed by atoms with Crippen LogP contribution in [0.3, 0.4) is 0 Å². The second-order valence-electron chi connectivity index (χ2n) is 5.10. The first-order valence-corrected chi connectivity index (χ1v) is 6.67. The van der Waals surface area contributed by atoms with E-state index in [4.69, 9.17) is 0 Å². The number of nitrogens with one attached hydrogen (secondary N) is 1. The summed E-state index contributed by atoms with van der Waals surface area (Å²) in [4.78, 5) is 6.89. The van der Waals surface area contributed by atoms with Crippen LogP contribution in [0.15, 0.2) is 12.4 Å². The SMILES string of the molecule is CC(CN1CCCCC1)NCc1nccn1C. The molecule has 1 aromatic heterocycles. The van der Waals surface area contributed by atoms with Crippen LogP contribution in [0.4, 0.5) is 0 Å². The summed E-state index contributed by atoms with van der Waals surface area (Å²) in [6, 6.07) is 0.532. The van der Waals surface area contributed by atoms with Gasteiger partial charge in [-0.25, -0.2) is 4.98 Å². The average Bonchev–Trinajstić information content (AvgIpc) is 2.74. The Morgan fingerprint density at radius 3 is 2.76 bits per heavy atom. The Kier molecular flexibility index (Phi) is 4.57. The highest BCUT2D eigenvalue weighted by Crippen LogP contribution is 2.08. The van der Waals surface area contributed by atoms with Gasteiger partial charge in [0.2, 0.25) is 0 Å². The molecule has 0 bridgehead atoms. The third kappa shape index (κ3) is 3.82. The zero-order valence-electron chi connectivity index (χ0n) is 11.0. The lowest BCUT2D eigenvalue weighted by atomic mass is 10.1. The quantitative estimate of drug-likeness (QED) is 0.838. The van der Waals surface area contributed by atoms with Crippen LogP contribution in [0.2, 0.25) is 0 Å². The molecule has 1 N–H and O–H groups in total. The van der Waals surface area contributed by atoms with Crippen LogP contribution in [-0.4, -0.2) is 40.1 Å². The van der Waals surface area contributed by atoms with Crippen LogP contribution < -0.4 is 5.32 Å². The van der Waals surface area contributed by atoms with E-state index in [0.717, 1.165) is 18.9 Å². The molecule has 1 aliphatic rings. The number of aryl methyl sites for hydroxylation is 1. The molecule has 0 radical (unpaired) electrons. The summed E-state index contributed by atoms with van der Waals surface area (Å²) in [5.74, 6) is 1.11. The molecule has 0 amide bonds. The van der Waals surface area contributed by atoms with Crippen molar-refractivity contribution in [2.75, 3.05) is 19.6 Å². The lowest BCUT2D eigenvalue weighted by Crippen LogP contribution is -2.41. The molecule has 0 aliphatic carbocycles. The van der Waals surface area contributed by atoms with E-state index in [0.29, 0.717) is 6.04 Å². The Hall–Kier alpha value is -0.870. The van der Waals surface area contributed by atoms with Crippen molar-refractivity contribution in [3.8, 4) is 0 Å². The van der Waals surface area contributed by atoms with Crippen LogP contribution in [0, 0.1) is 0 Å². The van der Waals surface area contributed by atoms with Gasteiger partial charge >= 0.3 is 0 Å². The van der Waals surface area contributed by atoms with Gasteiger partial charge in [0.05, 0.1) is 6.54 Å². The normalized spacial score (nSPS) is 19.4. The third-order valence-corrected chi connectivity index (χ3v) is 3.51. The van der Waals surface area contributed by atoms with E-state index in [-0.39, 0.29) is 0 Å². The van der Waals surface area contributed by atoms with E-state index in [1.54, 1.807) is 0 Å². The maximum absolute atomic E-state index is 4.32. The molecule has 1 aliphatic heterocycles. The van der Waals surface area contributed by atoms with Crippen LogP contribution in [-0.2, 0) is 13.6 Å². The van der Waals surface area contributed by atoms with Gasteiger partial charge in [0.25, 0.3) is 0 Å². The number of hydrogen-bond acceptors (Lipinski definition) is 3. The molecule has 1 saturated heterocycles. The van der Waals surface area contributed by atoms with E-state index < -0.39 is 0 Å². The lowest BCUT2D eigenvalue weighted by molar-refractivity contribution is 0.208. The second kappa shape index (κ2) is 6.17. The van der Waals surface area contributed by atoms with E-state index in [9.17, 15) is 0 Å². The fourth-order valence-electron chi connectivity index (χ4n) is 2.43. The third-order valence-electron chi connectivity index (χ3n) is 3.51. The van der Waals surface area contributed by atoms with Gasteiger partial charge in [-0.2, -0.15) is 0 Å². The maximum Gasteiger partial charge on any atom is 0.122 e. The van der Waals surface area contributed by atoms with Crippen molar-refractivity contribution in [3.05, 3.63) is 18.2 Å². The number of hydrogen-bond donors (Lipinski definition) is 1. The fourth-order valence-corrected chi connectivity index (χ4v) is 2.43. The molecule has 4 heteroatoms. The maximum atomic E-state index is 4.32. The summed E-state index contributed by atoms with van der Waals surface area (Å²) in [6.07, 6.45) is 7.99. The summed E-state index contributed by atoms with van der Waals surface area (Å²) in [5.41, 5.74) is 0. The molecular weight excluding hydrogens is 212 g/mol. The Bertz CT molecular complexity index is 328. The van der Waals surface area contributed by atoms with Gasteiger partial charge in [0, 0.05) is 32.0 Å². The van der Waals surface area contributed by atoms with Crippen molar-refractivity contribution in [1.29, 1.82) is 0 Å². The Morgan fingerprint density at radius 1 is 1.35 bits per heavy atom. The Morgan fingerprint density at radius 2 is 2.12 bits per heavy atom. The summed E-state index contributed by atoms with van der Waals surface area (Å²) >= 11 is 0. The van der Waals surface area contributed by atoms with Crippen LogP contribution in [0.5, 0.6) is 0 Å². The molecule has 1 aromatic rings. The molecular formula is C13H24N4. The number of aromatic nitrogens is 2. The number of rotatable bonds is 5. The second-order valence-corrected chi connectivity index (χ2v) is 5.10. The van der Waals surface area contributed by atoms with Gasteiger partial charge in [-0.15, -0.1) is 0 Å². The topological polar surface area (TPSA) is 33.1 Å². The Labute approximate surface area is 104 Å². The molecule has 0 saturated carbocycles. The molecule has 0 aromatic carbocycles. The standard InChI is InChI=1S/C13H24N4/c1-12(11-17-7-4-3-5-8-17)15-10-13-14-6-9-16(13)2/h6,9,12,15H,3-5,7-8,10-11H2,1-2H3. The summed E-state index contributed by atoms with van der Waals surface area (Å²) in [6.45, 7) is 6.82. The first kappa shape index (κ1) is 12.6. The molecule has 2 heterocycles. The van der Waals surface area contributed by atoms with Gasteiger partial charge in [0.15, 0.2) is 0 Å². The Balaban J connectivity index is 1.70. The smallest absolute Gasteiger partial charge is 0.122 e. The minimum absolute atomic E-state index is 0.532. The van der Waals surface area contributed by atoms with Gasteiger partial charge in [-0.05, 0) is 32.9 Å². The first-order valence-electron chi connectivity index (χ1n) is 6.67. The van der Waals surface area contributed by atoms with E-state index in [1.165, 1.54) is 32.4 Å². The van der Waals surface area contributed by atoms with Crippen molar-refractivity contribution in [1.82, 2.24) is 19.8 Å². The van der Waals surface area contributed by atoms with Crippen LogP contribution in [0.1, 0.15) is 32.0 Å². The lowest BCUT2D eigenvalue weighted by Gasteiger charge is -2.29. The molecule has 17 heavy (non-hydrogen) atoms. The van der Waals surface area contributed by atoms with Crippen molar-refractivity contribution >= 4 is 0 Å². The molecule has 2 rings (SSSR count). The number of likely N-dealkylation sites (tertiary alicyclic amines) is 1. The van der Waals surface area contributed by atoms with Crippen molar-refractivity contribution in [3.63, 3.8) is 0 Å². The van der Waals surface area contributed by atoms with E-state index in [1.807, 2.05) is 19.4 Å². The largest absolute Gasteiger partial charge is 0.337 e. The minimum Gasteiger partial charge on any atom is -0.337 e. The molecule has 1 unspecified atom stereocenters. The van der Waals surface area contributed by atoms with Crippen LogP contribution in [0.25, 0.3) is 0 Å². The van der Waals surface area contributed by atoms with E-state index in [2.05, 4.69) is 26.7 Å². The predicted octanol–water partition coefficient (Wildman–Crippen LogP) is 1.38. The molecule has 4 nitrogen and oxygen atoms in total. The number of nitrogens with zero attached hydrogens (tertiary/aromatic N) is 3. The van der Waals surface area contributed by atoms with Crippen molar-refractivity contribution in [2.24, 2.45) is 7.05 Å². The van der Waals surface area contributed by atoms with Gasteiger partial charge in [-0.3, -0.25) is 0 Å². The minimum atomic E-state index is 0.532. The summed E-state index contributed by atoms with van der Waals surface area (Å²) in [5, 5.41) is 3.55. The summed E-state index contributed by atoms with van der Waals surface area (Å²) in [7, 11) is 2.04. The summed E-state index contributed by atoms with van der Waals surface area (Å²) < 4.78 is 2.07. The molecule has 96 valence electrons. The first-order chi connectivity index (χ1) is 8.25. The van der Waals surface area contributed by atoms with Gasteiger partial charge in [0.1, 0.15) is 5.82 Å². The highest BCUT2D eigenvalue weighted by Gasteiger charge is 2.13. The van der Waals surface area contributed by atoms with Gasteiger partial charge < -0.3 is 14.8 Å². The average molecular weight is 236 g/mol. The predicted molar refractivity (Wildman–Crippen MR) is 69.8 cm³/mol. The zero-order chi connectivity index (χ0) is 12.1. The van der Waals surface area contributed by atoms with E-state index >= 15 is 0 Å². The molecule has 1 atom stereocenters. The number of piperidine rings is 1. The highest BCUT2D eigenvalue weighted by molar-refractivity contribution is 4.90. The van der Waals surface area contributed by atoms with Crippen LogP contribution >= 0.6 is 0 Å². The zero-order valence-corrected chi connectivity index (χ0v) is 11.0. The molecule has 1 fully saturated rings. The molecule has 0 spiro atoms.